The van der Waals surface area contributed by atoms with E-state index in [-0.39, 0.29) is 25.5 Å². The summed E-state index contributed by atoms with van der Waals surface area (Å²) in [6.45, 7) is 7.84. The van der Waals surface area contributed by atoms with Crippen LogP contribution in [0.2, 0.25) is 0 Å². The highest BCUT2D eigenvalue weighted by molar-refractivity contribution is 9.11. The molecule has 1 N–H and O–H groups in total. The molecule has 1 atom stereocenters. The Hall–Kier alpha value is -2.67. The zero-order chi connectivity index (χ0) is 28.0. The molecule has 0 fully saturated rings. The molecular weight excluding hydrogens is 579 g/mol. The number of anilines is 1. The van der Waals surface area contributed by atoms with E-state index in [4.69, 9.17) is 9.47 Å². The van der Waals surface area contributed by atoms with Gasteiger partial charge in [0, 0.05) is 26.8 Å². The zero-order valence-electron chi connectivity index (χ0n) is 21.1. The summed E-state index contributed by atoms with van der Waals surface area (Å²) >= 11 is 4.61. The number of nitrogens with one attached hydrogen (secondary N) is 1. The van der Waals surface area contributed by atoms with Gasteiger partial charge in [0.25, 0.3) is 0 Å². The fourth-order valence-electron chi connectivity index (χ4n) is 3.19. The van der Waals surface area contributed by atoms with E-state index in [0.29, 0.717) is 26.6 Å². The van der Waals surface area contributed by atoms with E-state index in [1.807, 2.05) is 0 Å². The molecule has 2 aromatic rings. The number of carbonyl (C=O) groups excluding carboxylic acids is 3. The fraction of sp³-hybridized carbons (Fsp3) is 0.500. The molecule has 2 amide bonds. The van der Waals surface area contributed by atoms with Gasteiger partial charge in [-0.3, -0.25) is 14.5 Å². The number of hydrogen-bond donors (Lipinski definition) is 1. The van der Waals surface area contributed by atoms with E-state index in [1.165, 1.54) is 42.2 Å². The predicted octanol–water partition coefficient (Wildman–Crippen LogP) is 5.52. The Morgan fingerprint density at radius 3 is 2.27 bits per heavy atom. The Kier molecular flexibility index (Phi) is 10.5. The maximum Gasteiger partial charge on any atom is 0.416 e. The number of thiazole rings is 1. The Morgan fingerprint density at radius 1 is 1.14 bits per heavy atom. The van der Waals surface area contributed by atoms with Crippen LogP contribution in [-0.4, -0.2) is 47.7 Å². The van der Waals surface area contributed by atoms with Gasteiger partial charge < -0.3 is 14.8 Å². The third kappa shape index (κ3) is 10.3. The van der Waals surface area contributed by atoms with Crippen LogP contribution in [0.1, 0.15) is 51.4 Å². The number of aromatic nitrogens is 1. The molecule has 1 aromatic carbocycles. The SMILES string of the molecule is CC(=O)OCCc1nc(N(C[C@H](Cc2ccc(C(F)(F)F)cc2)NC(=O)OC(C)(C)C)C(C)=O)sc1Br. The lowest BCUT2D eigenvalue weighted by molar-refractivity contribution is -0.141. The molecule has 0 radical (unpaired) electrons. The van der Waals surface area contributed by atoms with Gasteiger partial charge in [0.05, 0.1) is 27.7 Å². The van der Waals surface area contributed by atoms with Crippen molar-refractivity contribution >= 4 is 50.4 Å². The first kappa shape index (κ1) is 30.6. The third-order valence-electron chi connectivity index (χ3n) is 4.78. The van der Waals surface area contributed by atoms with Crippen LogP contribution in [-0.2, 0) is 38.1 Å². The topological polar surface area (TPSA) is 97.8 Å². The van der Waals surface area contributed by atoms with Gasteiger partial charge in [0.2, 0.25) is 5.91 Å². The molecule has 1 heterocycles. The molecule has 0 spiro atoms. The van der Waals surface area contributed by atoms with Crippen LogP contribution in [0, 0.1) is 0 Å². The van der Waals surface area contributed by atoms with Crippen molar-refractivity contribution in [3.63, 3.8) is 0 Å². The minimum atomic E-state index is -4.47. The second-order valence-corrected chi connectivity index (χ2v) is 11.5. The summed E-state index contributed by atoms with van der Waals surface area (Å²) < 4.78 is 49.8. The van der Waals surface area contributed by atoms with Crippen molar-refractivity contribution in [1.29, 1.82) is 0 Å². The van der Waals surface area contributed by atoms with Crippen molar-refractivity contribution in [2.45, 2.75) is 65.3 Å². The largest absolute Gasteiger partial charge is 0.465 e. The molecule has 0 aliphatic carbocycles. The lowest BCUT2D eigenvalue weighted by Crippen LogP contribution is -2.48. The summed E-state index contributed by atoms with van der Waals surface area (Å²) in [5.41, 5.74) is -0.445. The lowest BCUT2D eigenvalue weighted by atomic mass is 10.0. The molecule has 13 heteroatoms. The number of halogens is 4. The van der Waals surface area contributed by atoms with Crippen LogP contribution >= 0.6 is 27.3 Å². The van der Waals surface area contributed by atoms with Crippen molar-refractivity contribution < 1.29 is 37.0 Å². The molecule has 0 unspecified atom stereocenters. The number of carbonyl (C=O) groups is 3. The zero-order valence-corrected chi connectivity index (χ0v) is 23.5. The first-order chi connectivity index (χ1) is 17.0. The first-order valence-electron chi connectivity index (χ1n) is 11.3. The van der Waals surface area contributed by atoms with Gasteiger partial charge >= 0.3 is 18.2 Å². The number of rotatable bonds is 9. The monoisotopic (exact) mass is 607 g/mol. The average Bonchev–Trinajstić information content (AvgIpc) is 3.09. The average molecular weight is 608 g/mol. The second-order valence-electron chi connectivity index (χ2n) is 9.18. The van der Waals surface area contributed by atoms with Gasteiger partial charge in [-0.25, -0.2) is 9.78 Å². The molecular formula is C24H29BrF3N3O5S. The molecule has 0 bridgehead atoms. The van der Waals surface area contributed by atoms with Crippen molar-refractivity contribution in [2.24, 2.45) is 0 Å². The molecule has 1 aromatic heterocycles. The molecule has 37 heavy (non-hydrogen) atoms. The normalized spacial score (nSPS) is 12.6. The number of ether oxygens (including phenoxy) is 2. The highest BCUT2D eigenvalue weighted by atomic mass is 79.9. The van der Waals surface area contributed by atoms with Crippen LogP contribution in [0.5, 0.6) is 0 Å². The lowest BCUT2D eigenvalue weighted by Gasteiger charge is -2.27. The highest BCUT2D eigenvalue weighted by Crippen LogP contribution is 2.32. The second kappa shape index (κ2) is 12.7. The molecule has 0 saturated carbocycles. The van der Waals surface area contributed by atoms with Crippen LogP contribution in [0.25, 0.3) is 0 Å². The summed E-state index contributed by atoms with van der Waals surface area (Å²) in [7, 11) is 0. The number of nitrogens with zero attached hydrogens (tertiary/aromatic N) is 2. The van der Waals surface area contributed by atoms with Gasteiger partial charge in [-0.05, 0) is 60.8 Å². The smallest absolute Gasteiger partial charge is 0.416 e. The van der Waals surface area contributed by atoms with Gasteiger partial charge in [0.15, 0.2) is 5.13 Å². The summed E-state index contributed by atoms with van der Waals surface area (Å²) in [5.74, 6) is -0.771. The van der Waals surface area contributed by atoms with Crippen molar-refractivity contribution in [1.82, 2.24) is 10.3 Å². The molecule has 0 aliphatic heterocycles. The Balaban J connectivity index is 2.28. The standard InChI is InChI=1S/C24H29BrF3N3O5S/c1-14(32)31(21-30-19(20(25)37-21)10-11-35-15(2)33)13-18(29-22(34)36-23(3,4)5)12-16-6-8-17(9-7-16)24(26,27)28/h6-9,18H,10-13H2,1-5H3,(H,29,34)/t18-/m0/s1. The minimum Gasteiger partial charge on any atom is -0.465 e. The van der Waals surface area contributed by atoms with Crippen molar-refractivity contribution in [3.8, 4) is 0 Å². The minimum absolute atomic E-state index is 0.0149. The molecule has 2 rings (SSSR count). The van der Waals surface area contributed by atoms with E-state index < -0.39 is 35.4 Å². The highest BCUT2D eigenvalue weighted by Gasteiger charge is 2.30. The van der Waals surface area contributed by atoms with Gasteiger partial charge in [0.1, 0.15) is 5.60 Å². The summed E-state index contributed by atoms with van der Waals surface area (Å²) in [6.07, 6.45) is -4.74. The number of alkyl halides is 3. The van der Waals surface area contributed by atoms with Gasteiger partial charge in [-0.15, -0.1) is 0 Å². The van der Waals surface area contributed by atoms with Crippen LogP contribution in [0.4, 0.5) is 23.1 Å². The summed E-state index contributed by atoms with van der Waals surface area (Å²) in [6, 6.07) is 3.89. The van der Waals surface area contributed by atoms with Gasteiger partial charge in [-0.2, -0.15) is 13.2 Å². The van der Waals surface area contributed by atoms with E-state index in [2.05, 4.69) is 26.2 Å². The Bertz CT molecular complexity index is 1100. The number of alkyl carbamates (subject to hydrolysis) is 1. The summed E-state index contributed by atoms with van der Waals surface area (Å²) in [4.78, 5) is 42.0. The quantitative estimate of drug-likeness (QED) is 0.377. The summed E-state index contributed by atoms with van der Waals surface area (Å²) in [5, 5.41) is 3.07. The molecule has 0 saturated heterocycles. The first-order valence-corrected chi connectivity index (χ1v) is 12.9. The maximum atomic E-state index is 13.0. The Labute approximate surface area is 225 Å². The number of amides is 2. The van der Waals surface area contributed by atoms with Crippen LogP contribution in [0.15, 0.2) is 28.1 Å². The third-order valence-corrected chi connectivity index (χ3v) is 6.63. The molecule has 204 valence electrons. The number of benzene rings is 1. The van der Waals surface area contributed by atoms with Crippen LogP contribution < -0.4 is 10.2 Å². The number of hydrogen-bond acceptors (Lipinski definition) is 7. The van der Waals surface area contributed by atoms with Gasteiger partial charge in [-0.1, -0.05) is 23.5 Å². The Morgan fingerprint density at radius 2 is 1.76 bits per heavy atom. The van der Waals surface area contributed by atoms with E-state index in [1.54, 1.807) is 20.8 Å². The van der Waals surface area contributed by atoms with Crippen molar-refractivity contribution in [2.75, 3.05) is 18.1 Å². The van der Waals surface area contributed by atoms with Crippen LogP contribution in [0.3, 0.4) is 0 Å². The van der Waals surface area contributed by atoms with E-state index in [9.17, 15) is 27.6 Å². The van der Waals surface area contributed by atoms with E-state index >= 15 is 0 Å². The van der Waals surface area contributed by atoms with Crippen molar-refractivity contribution in [3.05, 3.63) is 44.9 Å². The predicted molar refractivity (Wildman–Crippen MR) is 136 cm³/mol. The molecule has 8 nitrogen and oxygen atoms in total. The maximum absolute atomic E-state index is 13.0. The molecule has 0 aliphatic rings. The number of esters is 1. The van der Waals surface area contributed by atoms with E-state index in [0.717, 1.165) is 12.1 Å². The fourth-order valence-corrected chi connectivity index (χ4v) is 4.81.